The van der Waals surface area contributed by atoms with Crippen molar-refractivity contribution in [1.82, 2.24) is 40.6 Å². The van der Waals surface area contributed by atoms with Crippen molar-refractivity contribution in [3.8, 4) is 0 Å². The van der Waals surface area contributed by atoms with Gasteiger partial charge >= 0.3 is 0 Å². The van der Waals surface area contributed by atoms with Crippen molar-refractivity contribution in [2.45, 2.75) is 95.0 Å². The van der Waals surface area contributed by atoms with Gasteiger partial charge in [0.2, 0.25) is 0 Å². The van der Waals surface area contributed by atoms with Crippen LogP contribution in [0.5, 0.6) is 0 Å². The number of aryl methyl sites for hydroxylation is 1. The number of β-amino-alcohol motifs (C(OH)–C–C–N with tert-alkyl or cyclic N) is 2. The van der Waals surface area contributed by atoms with Crippen LogP contribution in [0.25, 0.3) is 0 Å². The molecule has 4 rings (SSSR count). The van der Waals surface area contributed by atoms with Gasteiger partial charge in [-0.1, -0.05) is 29.7 Å². The largest absolute Gasteiger partial charge is 0.389 e. The molecule has 0 radical (unpaired) electrons. The van der Waals surface area contributed by atoms with Gasteiger partial charge in [0.1, 0.15) is 23.6 Å². The van der Waals surface area contributed by atoms with Crippen LogP contribution in [-0.2, 0) is 59.5 Å². The zero-order valence-electron chi connectivity index (χ0n) is 30.2. The number of nitrogens with one attached hydrogen (secondary N) is 2. The van der Waals surface area contributed by atoms with Crippen LogP contribution in [0.3, 0.4) is 0 Å². The first-order chi connectivity index (χ1) is 25.5. The van der Waals surface area contributed by atoms with Gasteiger partial charge in [0.15, 0.2) is 0 Å². The Morgan fingerprint density at radius 3 is 1.46 bits per heavy atom. The summed E-state index contributed by atoms with van der Waals surface area (Å²) >= 11 is 0. The zero-order chi connectivity index (χ0) is 36.6. The second-order valence-corrected chi connectivity index (χ2v) is 12.9. The van der Waals surface area contributed by atoms with Gasteiger partial charge in [-0.25, -0.2) is 4.68 Å². The van der Waals surface area contributed by atoms with Gasteiger partial charge in [0.25, 0.3) is 0 Å². The van der Waals surface area contributed by atoms with Gasteiger partial charge < -0.3 is 64.2 Å². The molecule has 0 bridgehead atoms. The van der Waals surface area contributed by atoms with Crippen LogP contribution in [0.1, 0.15) is 43.5 Å². The van der Waals surface area contributed by atoms with E-state index in [2.05, 4.69) is 31.3 Å². The molecule has 52 heavy (non-hydrogen) atoms. The van der Waals surface area contributed by atoms with E-state index in [1.54, 1.807) is 10.9 Å². The zero-order valence-corrected chi connectivity index (χ0v) is 30.2. The van der Waals surface area contributed by atoms with Crippen molar-refractivity contribution >= 4 is 0 Å². The fourth-order valence-electron chi connectivity index (χ4n) is 5.60. The maximum absolute atomic E-state index is 10.0. The number of hydrogen-bond acceptors (Lipinski definition) is 17. The number of aliphatic hydroxyl groups is 4. The van der Waals surface area contributed by atoms with Crippen LogP contribution in [0.4, 0.5) is 0 Å². The van der Waals surface area contributed by atoms with E-state index >= 15 is 0 Å². The van der Waals surface area contributed by atoms with Crippen LogP contribution in [0.15, 0.2) is 12.4 Å². The van der Waals surface area contributed by atoms with Crippen molar-refractivity contribution in [2.75, 3.05) is 92.2 Å². The summed E-state index contributed by atoms with van der Waals surface area (Å²) in [5.41, 5.74) is 1.35. The summed E-state index contributed by atoms with van der Waals surface area (Å²) in [4.78, 5) is 0. The number of aromatic nitrogens is 6. The summed E-state index contributed by atoms with van der Waals surface area (Å²) in [7, 11) is 0. The van der Waals surface area contributed by atoms with Gasteiger partial charge in [-0.05, 0) is 12.8 Å². The van der Waals surface area contributed by atoms with E-state index in [1.165, 1.54) is 0 Å². The fourth-order valence-corrected chi connectivity index (χ4v) is 5.60. The normalized spacial score (nSPS) is 23.8. The number of rotatable bonds is 29. The highest BCUT2D eigenvalue weighted by atomic mass is 16.6. The monoisotopic (exact) mass is 744 g/mol. The first kappa shape index (κ1) is 42.5. The summed E-state index contributed by atoms with van der Waals surface area (Å²) in [6.45, 7) is 8.70. The number of unbranched alkanes of at least 4 members (excludes halogenated alkanes) is 4. The molecule has 0 aliphatic carbocycles. The predicted octanol–water partition coefficient (Wildman–Crippen LogP) is -1.98. The molecule has 2 aliphatic heterocycles. The maximum atomic E-state index is 10.0. The summed E-state index contributed by atoms with van der Waals surface area (Å²) in [6.07, 6.45) is 4.61. The van der Waals surface area contributed by atoms with Crippen molar-refractivity contribution in [1.29, 1.82) is 0 Å². The third-order valence-corrected chi connectivity index (χ3v) is 8.64. The molecule has 0 unspecified atom stereocenters. The van der Waals surface area contributed by atoms with Crippen LogP contribution < -0.4 is 10.6 Å². The molecule has 6 N–H and O–H groups in total. The SMILES string of the molecule is O[C@@H]1[C@@H](O)CNC[C@H]1OCc1cn(CCCCCCCOCCOCCOCCOCCOCCn2cc(CO[C@@H]3CNC[C@H](O)[C@H]3O)nn2)nn1. The Kier molecular flexibility index (Phi) is 21.0. The number of hydrogen-bond donors (Lipinski definition) is 6. The molecule has 0 spiro atoms. The Morgan fingerprint density at radius 2 is 0.942 bits per heavy atom. The molecule has 6 atom stereocenters. The highest BCUT2D eigenvalue weighted by Gasteiger charge is 2.32. The van der Waals surface area contributed by atoms with Crippen molar-refractivity contribution in [2.24, 2.45) is 0 Å². The Balaban J connectivity index is 0.827. The lowest BCUT2D eigenvalue weighted by molar-refractivity contribution is -0.109. The fraction of sp³-hybridized carbons (Fsp3) is 0.879. The predicted molar refractivity (Wildman–Crippen MR) is 184 cm³/mol. The van der Waals surface area contributed by atoms with Crippen LogP contribution >= 0.6 is 0 Å². The van der Waals surface area contributed by atoms with Gasteiger partial charge in [0.05, 0.1) is 116 Å². The lowest BCUT2D eigenvalue weighted by atomic mass is 10.0. The average Bonchev–Trinajstić information content (AvgIpc) is 3.81. The quantitative estimate of drug-likeness (QED) is 0.0496. The summed E-state index contributed by atoms with van der Waals surface area (Å²) in [5.74, 6) is 0. The number of ether oxygens (including phenoxy) is 7. The molecule has 0 amide bonds. The van der Waals surface area contributed by atoms with E-state index in [9.17, 15) is 20.4 Å². The van der Waals surface area contributed by atoms with E-state index in [-0.39, 0.29) is 13.2 Å². The number of aliphatic hydroxyl groups excluding tert-OH is 4. The van der Waals surface area contributed by atoms with Gasteiger partial charge in [0, 0.05) is 39.3 Å². The Bertz CT molecular complexity index is 1090. The molecule has 2 aromatic rings. The first-order valence-electron chi connectivity index (χ1n) is 18.5. The molecular weight excluding hydrogens is 684 g/mol. The molecular formula is C33H60N8O11. The molecule has 2 aliphatic rings. The molecule has 19 heteroatoms. The molecule has 2 fully saturated rings. The van der Waals surface area contributed by atoms with Crippen molar-refractivity contribution < 1.29 is 53.6 Å². The molecule has 298 valence electrons. The van der Waals surface area contributed by atoms with Crippen LogP contribution in [-0.4, -0.2) is 179 Å². The maximum Gasteiger partial charge on any atom is 0.108 e. The van der Waals surface area contributed by atoms with E-state index in [0.717, 1.165) is 45.3 Å². The van der Waals surface area contributed by atoms with Crippen molar-refractivity contribution in [3.05, 3.63) is 23.8 Å². The Hall–Kier alpha value is -2.24. The Labute approximate surface area is 305 Å². The van der Waals surface area contributed by atoms with Gasteiger partial charge in [-0.2, -0.15) is 0 Å². The molecule has 19 nitrogen and oxygen atoms in total. The third-order valence-electron chi connectivity index (χ3n) is 8.64. The Morgan fingerprint density at radius 1 is 0.519 bits per heavy atom. The summed E-state index contributed by atoms with van der Waals surface area (Å²) in [5, 5.41) is 61.9. The average molecular weight is 745 g/mol. The minimum atomic E-state index is -0.919. The van der Waals surface area contributed by atoms with E-state index < -0.39 is 36.6 Å². The van der Waals surface area contributed by atoms with Gasteiger partial charge in [-0.15, -0.1) is 10.2 Å². The third kappa shape index (κ3) is 16.8. The van der Waals surface area contributed by atoms with E-state index in [4.69, 9.17) is 33.2 Å². The standard InChI is InChI=1S/C33H60N8O11/c42-28-18-34-20-30(32(28)44)51-24-26-22-40(38-36-26)6-4-2-1-3-5-8-46-10-12-48-14-16-50-17-15-49-13-11-47-9-7-41-23-27(37-39-41)25-52-31-21-35-19-29(43)33(31)45/h22-23,28-35,42-45H,1-21,24-25H2/t28-,29-,30+,31+,32+,33+/m0/s1. The second kappa shape index (κ2) is 25.7. The molecule has 0 saturated carbocycles. The lowest BCUT2D eigenvalue weighted by Crippen LogP contribution is -2.54. The minimum absolute atomic E-state index is 0.200. The van der Waals surface area contributed by atoms with Gasteiger partial charge in [-0.3, -0.25) is 4.68 Å². The van der Waals surface area contributed by atoms with Crippen molar-refractivity contribution in [3.63, 3.8) is 0 Å². The summed E-state index contributed by atoms with van der Waals surface area (Å²) < 4.78 is 42.7. The smallest absolute Gasteiger partial charge is 0.108 e. The lowest BCUT2D eigenvalue weighted by Gasteiger charge is -2.32. The molecule has 2 aromatic heterocycles. The van der Waals surface area contributed by atoms with E-state index in [1.807, 2.05) is 10.9 Å². The molecule has 2 saturated heterocycles. The first-order valence-corrected chi connectivity index (χ1v) is 18.5. The summed E-state index contributed by atoms with van der Waals surface area (Å²) in [6, 6.07) is 0. The molecule has 4 heterocycles. The van der Waals surface area contributed by atoms with E-state index in [0.29, 0.717) is 104 Å². The number of nitrogens with zero attached hydrogens (tertiary/aromatic N) is 6. The number of piperidine rings is 2. The topological polar surface area (TPSA) is 231 Å². The molecule has 0 aromatic carbocycles. The minimum Gasteiger partial charge on any atom is -0.389 e. The highest BCUT2D eigenvalue weighted by Crippen LogP contribution is 2.12. The highest BCUT2D eigenvalue weighted by molar-refractivity contribution is 4.93. The van der Waals surface area contributed by atoms with Crippen LogP contribution in [0, 0.1) is 0 Å². The second-order valence-electron chi connectivity index (χ2n) is 12.9. The van der Waals surface area contributed by atoms with Crippen LogP contribution in [0.2, 0.25) is 0 Å².